The van der Waals surface area contributed by atoms with Crippen molar-refractivity contribution in [2.24, 2.45) is 0 Å². The van der Waals surface area contributed by atoms with Crippen molar-refractivity contribution in [3.05, 3.63) is 35.6 Å². The van der Waals surface area contributed by atoms with Gasteiger partial charge in [0.1, 0.15) is 5.82 Å². The van der Waals surface area contributed by atoms with Crippen molar-refractivity contribution < 1.29 is 19.0 Å². The number of halogens is 1. The lowest BCUT2D eigenvalue weighted by molar-refractivity contribution is -0.122. The molecule has 0 amide bonds. The molecule has 19 heavy (non-hydrogen) atoms. The number of benzene rings is 1. The van der Waals surface area contributed by atoms with E-state index in [0.717, 1.165) is 5.56 Å². The number of nitrogens with zero attached hydrogens (tertiary/aromatic N) is 1. The molecule has 0 bridgehead atoms. The van der Waals surface area contributed by atoms with Gasteiger partial charge in [-0.15, -0.1) is 0 Å². The second-order valence-corrected chi connectivity index (χ2v) is 4.72. The van der Waals surface area contributed by atoms with Gasteiger partial charge in [-0.05, 0) is 17.7 Å². The number of ketones is 1. The van der Waals surface area contributed by atoms with Gasteiger partial charge < -0.3 is 9.84 Å². The van der Waals surface area contributed by atoms with Gasteiger partial charge in [0, 0.05) is 13.0 Å². The quantitative estimate of drug-likeness (QED) is 0.850. The molecule has 1 saturated heterocycles. The first-order valence-corrected chi connectivity index (χ1v) is 6.38. The van der Waals surface area contributed by atoms with Gasteiger partial charge in [0.25, 0.3) is 0 Å². The zero-order valence-corrected chi connectivity index (χ0v) is 10.7. The third kappa shape index (κ3) is 4.09. The zero-order chi connectivity index (χ0) is 13.7. The molecule has 1 aromatic rings. The van der Waals surface area contributed by atoms with Gasteiger partial charge in [-0.1, -0.05) is 12.1 Å². The van der Waals surface area contributed by atoms with Crippen LogP contribution < -0.4 is 0 Å². The summed E-state index contributed by atoms with van der Waals surface area (Å²) in [6.07, 6.45) is 0.287. The maximum atomic E-state index is 12.8. The van der Waals surface area contributed by atoms with E-state index in [2.05, 4.69) is 0 Å². The van der Waals surface area contributed by atoms with Crippen LogP contribution in [-0.2, 0) is 16.0 Å². The molecule has 0 spiro atoms. The highest BCUT2D eigenvalue weighted by Gasteiger charge is 2.23. The number of carbonyl (C=O) groups excluding carboxylic acids is 1. The van der Waals surface area contributed by atoms with Gasteiger partial charge in [-0.25, -0.2) is 4.39 Å². The van der Waals surface area contributed by atoms with E-state index >= 15 is 0 Å². The summed E-state index contributed by atoms with van der Waals surface area (Å²) in [5, 5.41) is 9.22. The molecule has 1 unspecified atom stereocenters. The van der Waals surface area contributed by atoms with Crippen molar-refractivity contribution in [1.82, 2.24) is 4.90 Å². The highest BCUT2D eigenvalue weighted by Crippen LogP contribution is 2.08. The molecular weight excluding hydrogens is 249 g/mol. The van der Waals surface area contributed by atoms with E-state index in [-0.39, 0.29) is 30.7 Å². The maximum Gasteiger partial charge on any atom is 0.151 e. The first kappa shape index (κ1) is 14.1. The van der Waals surface area contributed by atoms with E-state index in [1.54, 1.807) is 12.1 Å². The minimum atomic E-state index is -0.301. The number of Topliss-reactive ketones (excluding diaryl/α,β-unsaturated/α-hetero) is 1. The van der Waals surface area contributed by atoms with Gasteiger partial charge in [-0.3, -0.25) is 9.69 Å². The molecule has 0 aromatic heterocycles. The fraction of sp³-hybridized carbons (Fsp3) is 0.500. The third-order valence-electron chi connectivity index (χ3n) is 3.25. The Morgan fingerprint density at radius 3 is 2.84 bits per heavy atom. The lowest BCUT2D eigenvalue weighted by Crippen LogP contribution is -2.49. The van der Waals surface area contributed by atoms with Crippen molar-refractivity contribution in [3.8, 4) is 0 Å². The Balaban J connectivity index is 1.88. The van der Waals surface area contributed by atoms with Gasteiger partial charge in [-0.2, -0.15) is 0 Å². The molecule has 1 N–H and O–H groups in total. The minimum Gasteiger partial charge on any atom is -0.395 e. The normalized spacial score (nSPS) is 20.4. The molecule has 0 radical (unpaired) electrons. The van der Waals surface area contributed by atoms with Crippen LogP contribution in [0.25, 0.3) is 0 Å². The highest BCUT2D eigenvalue weighted by molar-refractivity contribution is 5.82. The lowest BCUT2D eigenvalue weighted by atomic mass is 10.1. The summed E-state index contributed by atoms with van der Waals surface area (Å²) in [5.41, 5.74) is 0.806. The number of morpholine rings is 1. The second kappa shape index (κ2) is 6.75. The van der Waals surface area contributed by atoms with Gasteiger partial charge in [0.2, 0.25) is 0 Å². The number of rotatable bonds is 5. The first-order chi connectivity index (χ1) is 9.19. The fourth-order valence-corrected chi connectivity index (χ4v) is 2.18. The van der Waals surface area contributed by atoms with Gasteiger partial charge in [0.15, 0.2) is 5.78 Å². The maximum absolute atomic E-state index is 12.8. The Morgan fingerprint density at radius 1 is 1.42 bits per heavy atom. The van der Waals surface area contributed by atoms with Crippen LogP contribution in [0.5, 0.6) is 0 Å². The molecule has 4 nitrogen and oxygen atoms in total. The molecule has 1 aliphatic rings. The van der Waals surface area contributed by atoms with Crippen LogP contribution in [0.1, 0.15) is 5.56 Å². The Labute approximate surface area is 111 Å². The van der Waals surface area contributed by atoms with Crippen LogP contribution in [0.3, 0.4) is 0 Å². The molecule has 1 aromatic carbocycles. The standard InChI is InChI=1S/C14H18FNO3/c15-12-3-1-11(2-4-12)7-14(18)8-16-5-6-19-10-13(16)9-17/h1-4,13,17H,5-10H2. The minimum absolute atomic E-state index is 0.0101. The van der Waals surface area contributed by atoms with Crippen LogP contribution in [0.4, 0.5) is 4.39 Å². The zero-order valence-electron chi connectivity index (χ0n) is 10.7. The molecule has 104 valence electrons. The highest BCUT2D eigenvalue weighted by atomic mass is 19.1. The van der Waals surface area contributed by atoms with Crippen molar-refractivity contribution in [2.45, 2.75) is 12.5 Å². The average Bonchev–Trinajstić information content (AvgIpc) is 2.42. The lowest BCUT2D eigenvalue weighted by Gasteiger charge is -2.33. The predicted molar refractivity (Wildman–Crippen MR) is 68.4 cm³/mol. The summed E-state index contributed by atoms with van der Waals surface area (Å²) in [4.78, 5) is 13.9. The average molecular weight is 267 g/mol. The number of aliphatic hydroxyl groups is 1. The van der Waals surface area contributed by atoms with Crippen molar-refractivity contribution in [1.29, 1.82) is 0 Å². The third-order valence-corrected chi connectivity index (χ3v) is 3.25. The summed E-state index contributed by atoms with van der Waals surface area (Å²) in [6.45, 7) is 1.98. The smallest absolute Gasteiger partial charge is 0.151 e. The van der Waals surface area contributed by atoms with E-state index in [1.165, 1.54) is 12.1 Å². The Morgan fingerprint density at radius 2 is 2.16 bits per heavy atom. The number of ether oxygens (including phenoxy) is 1. The van der Waals surface area contributed by atoms with E-state index < -0.39 is 0 Å². The van der Waals surface area contributed by atoms with Crippen molar-refractivity contribution >= 4 is 5.78 Å². The number of aliphatic hydroxyl groups excluding tert-OH is 1. The molecule has 1 atom stereocenters. The largest absolute Gasteiger partial charge is 0.395 e. The molecular formula is C14H18FNO3. The number of hydrogen-bond donors (Lipinski definition) is 1. The Bertz CT molecular complexity index is 421. The van der Waals surface area contributed by atoms with Crippen molar-refractivity contribution in [3.63, 3.8) is 0 Å². The molecule has 0 aliphatic carbocycles. The Kier molecular flexibility index (Phi) is 5.01. The molecule has 5 heteroatoms. The number of carbonyl (C=O) groups is 1. The van der Waals surface area contributed by atoms with Gasteiger partial charge >= 0.3 is 0 Å². The van der Waals surface area contributed by atoms with Crippen LogP contribution in [0, 0.1) is 5.82 Å². The summed E-state index contributed by atoms with van der Waals surface area (Å²) in [6, 6.07) is 5.85. The molecule has 0 saturated carbocycles. The SMILES string of the molecule is O=C(Cc1ccc(F)cc1)CN1CCOCC1CO. The van der Waals surface area contributed by atoms with E-state index in [1.807, 2.05) is 4.90 Å². The monoisotopic (exact) mass is 267 g/mol. The summed E-state index contributed by atoms with van der Waals surface area (Å²) in [7, 11) is 0. The summed E-state index contributed by atoms with van der Waals surface area (Å²) >= 11 is 0. The van der Waals surface area contributed by atoms with Crippen LogP contribution in [0.2, 0.25) is 0 Å². The van der Waals surface area contributed by atoms with Crippen LogP contribution >= 0.6 is 0 Å². The molecule has 1 fully saturated rings. The molecule has 1 heterocycles. The van der Waals surface area contributed by atoms with Crippen LogP contribution in [0.15, 0.2) is 24.3 Å². The van der Waals surface area contributed by atoms with Gasteiger partial charge in [0.05, 0.1) is 32.4 Å². The predicted octanol–water partition coefficient (Wildman–Crippen LogP) is 0.630. The first-order valence-electron chi connectivity index (χ1n) is 6.38. The van der Waals surface area contributed by atoms with E-state index in [4.69, 9.17) is 4.74 Å². The topological polar surface area (TPSA) is 49.8 Å². The van der Waals surface area contributed by atoms with E-state index in [9.17, 15) is 14.3 Å². The summed E-state index contributed by atoms with van der Waals surface area (Å²) < 4.78 is 18.0. The van der Waals surface area contributed by atoms with E-state index in [0.29, 0.717) is 26.3 Å². The summed E-state index contributed by atoms with van der Waals surface area (Å²) in [5.74, 6) is -0.239. The molecule has 2 rings (SSSR count). The van der Waals surface area contributed by atoms with Crippen molar-refractivity contribution in [2.75, 3.05) is 32.9 Å². The Hall–Kier alpha value is -1.30. The van der Waals surface area contributed by atoms with Crippen LogP contribution in [-0.4, -0.2) is 54.7 Å². The fourth-order valence-electron chi connectivity index (χ4n) is 2.18. The second-order valence-electron chi connectivity index (χ2n) is 4.72. The molecule has 1 aliphatic heterocycles. The number of hydrogen-bond acceptors (Lipinski definition) is 4.